The van der Waals surface area contributed by atoms with Crippen molar-refractivity contribution in [1.29, 1.82) is 0 Å². The van der Waals surface area contributed by atoms with E-state index in [0.29, 0.717) is 0 Å². The number of allylic oxidation sites excluding steroid dienone is 5. The first-order chi connectivity index (χ1) is 12.9. The van der Waals surface area contributed by atoms with Gasteiger partial charge in [0.1, 0.15) is 0 Å². The zero-order valence-corrected chi connectivity index (χ0v) is 17.9. The zero-order valence-electron chi connectivity index (χ0n) is 17.9. The molecule has 26 heavy (non-hydrogen) atoms. The van der Waals surface area contributed by atoms with Gasteiger partial charge in [-0.1, -0.05) is 128 Å². The van der Waals surface area contributed by atoms with Crippen molar-refractivity contribution in [3.8, 4) is 0 Å². The van der Waals surface area contributed by atoms with Crippen LogP contribution in [0.1, 0.15) is 116 Å². The van der Waals surface area contributed by atoms with Crippen molar-refractivity contribution in [2.75, 3.05) is 7.11 Å². The summed E-state index contributed by atoms with van der Waals surface area (Å²) >= 11 is 0. The Morgan fingerprint density at radius 2 is 0.923 bits per heavy atom. The summed E-state index contributed by atoms with van der Waals surface area (Å²) in [6.45, 7) is 2.29. The molecule has 0 heterocycles. The molecule has 0 aliphatic rings. The van der Waals surface area contributed by atoms with Gasteiger partial charge in [-0.25, -0.2) is 0 Å². The summed E-state index contributed by atoms with van der Waals surface area (Å²) in [6, 6.07) is 0. The number of unbranched alkanes of at least 4 members (excludes halogenated alkanes) is 16. The second-order valence-corrected chi connectivity index (χ2v) is 7.47. The normalized spacial score (nSPS) is 12.1. The lowest BCUT2D eigenvalue weighted by molar-refractivity contribution is 0.338. The largest absolute Gasteiger partial charge is 0.504 e. The van der Waals surface area contributed by atoms with Gasteiger partial charge in [0.25, 0.3) is 0 Å². The third-order valence-electron chi connectivity index (χ3n) is 4.91. The maximum Gasteiger partial charge on any atom is 0.0824 e. The molecule has 0 aromatic heterocycles. The molecule has 0 saturated heterocycles. The van der Waals surface area contributed by atoms with Crippen LogP contribution in [0.2, 0.25) is 0 Å². The van der Waals surface area contributed by atoms with E-state index < -0.39 is 0 Å². The monoisotopic (exact) mass is 362 g/mol. The van der Waals surface area contributed by atoms with Gasteiger partial charge in [0.05, 0.1) is 13.4 Å². The average Bonchev–Trinajstić information content (AvgIpc) is 2.66. The molecule has 0 atom stereocenters. The van der Waals surface area contributed by atoms with E-state index in [1.807, 2.05) is 12.2 Å². The maximum atomic E-state index is 4.83. The Labute approximate surface area is 165 Å². The number of hydrogen-bond acceptors (Lipinski definition) is 1. The van der Waals surface area contributed by atoms with Gasteiger partial charge in [-0.3, -0.25) is 0 Å². The topological polar surface area (TPSA) is 9.23 Å². The number of hydrogen-bond donors (Lipinski definition) is 0. The molecule has 0 N–H and O–H groups in total. The van der Waals surface area contributed by atoms with Gasteiger partial charge >= 0.3 is 0 Å². The van der Waals surface area contributed by atoms with Crippen LogP contribution in [0.25, 0.3) is 0 Å². The first-order valence-corrected chi connectivity index (χ1v) is 11.4. The standard InChI is InChI=1S/C25H46O/c1-3-4-5-6-7-8-9-10-11-12-13-14-15-16-17-18-19-20-21-22-23-24-25-26-2/h20-25H,3-19H2,1-2H3. The molecule has 0 aliphatic carbocycles. The van der Waals surface area contributed by atoms with Gasteiger partial charge in [-0.15, -0.1) is 0 Å². The van der Waals surface area contributed by atoms with Gasteiger partial charge in [-0.05, 0) is 18.9 Å². The lowest BCUT2D eigenvalue weighted by Gasteiger charge is -2.03. The average molecular weight is 363 g/mol. The minimum atomic E-state index is 1.21. The van der Waals surface area contributed by atoms with Crippen molar-refractivity contribution in [2.24, 2.45) is 0 Å². The van der Waals surface area contributed by atoms with Crippen molar-refractivity contribution < 1.29 is 4.74 Å². The summed E-state index contributed by atoms with van der Waals surface area (Å²) in [6.07, 6.45) is 36.2. The molecule has 0 amide bonds. The molecular formula is C25H46O. The van der Waals surface area contributed by atoms with Gasteiger partial charge in [0.2, 0.25) is 0 Å². The highest BCUT2D eigenvalue weighted by Crippen LogP contribution is 2.14. The molecule has 1 nitrogen and oxygen atoms in total. The van der Waals surface area contributed by atoms with Crippen LogP contribution in [0.3, 0.4) is 0 Å². The van der Waals surface area contributed by atoms with E-state index in [1.54, 1.807) is 13.4 Å². The van der Waals surface area contributed by atoms with Crippen molar-refractivity contribution in [1.82, 2.24) is 0 Å². The molecule has 0 radical (unpaired) electrons. The van der Waals surface area contributed by atoms with E-state index in [1.165, 1.54) is 109 Å². The minimum absolute atomic E-state index is 1.21. The highest BCUT2D eigenvalue weighted by Gasteiger charge is 1.94. The lowest BCUT2D eigenvalue weighted by Crippen LogP contribution is -1.83. The first kappa shape index (κ1) is 25.0. The van der Waals surface area contributed by atoms with E-state index in [-0.39, 0.29) is 0 Å². The fourth-order valence-corrected chi connectivity index (χ4v) is 3.24. The van der Waals surface area contributed by atoms with Gasteiger partial charge < -0.3 is 4.74 Å². The highest BCUT2D eigenvalue weighted by molar-refractivity contribution is 5.09. The predicted octanol–water partition coefficient (Wildman–Crippen LogP) is 8.91. The molecule has 0 unspecified atom stereocenters. The maximum absolute atomic E-state index is 4.83. The Kier molecular flexibility index (Phi) is 23.1. The fourth-order valence-electron chi connectivity index (χ4n) is 3.24. The van der Waals surface area contributed by atoms with Crippen LogP contribution in [0.5, 0.6) is 0 Å². The van der Waals surface area contributed by atoms with Crippen LogP contribution in [-0.2, 0) is 4.74 Å². The van der Waals surface area contributed by atoms with Crippen molar-refractivity contribution in [3.63, 3.8) is 0 Å². The Morgan fingerprint density at radius 3 is 1.38 bits per heavy atom. The molecule has 0 aromatic rings. The van der Waals surface area contributed by atoms with Gasteiger partial charge in [0, 0.05) is 0 Å². The smallest absolute Gasteiger partial charge is 0.0824 e. The van der Waals surface area contributed by atoms with Crippen molar-refractivity contribution in [3.05, 3.63) is 36.6 Å². The van der Waals surface area contributed by atoms with Crippen LogP contribution >= 0.6 is 0 Å². The van der Waals surface area contributed by atoms with Crippen molar-refractivity contribution >= 4 is 0 Å². The highest BCUT2D eigenvalue weighted by atomic mass is 16.5. The Bertz CT molecular complexity index is 327. The summed E-state index contributed by atoms with van der Waals surface area (Å²) in [5.41, 5.74) is 0. The van der Waals surface area contributed by atoms with Crippen LogP contribution in [-0.4, -0.2) is 7.11 Å². The molecule has 1 heteroatoms. The Hall–Kier alpha value is -0.980. The SMILES string of the molecule is CCCCCCCCCCCCCCCCCCC=CC=CC=COC. The number of methoxy groups -OCH3 is 1. The summed E-state index contributed by atoms with van der Waals surface area (Å²) in [5, 5.41) is 0. The van der Waals surface area contributed by atoms with Gasteiger partial charge in [0.15, 0.2) is 0 Å². The summed E-state index contributed by atoms with van der Waals surface area (Å²) in [5.74, 6) is 0. The molecule has 0 aromatic carbocycles. The zero-order chi connectivity index (χ0) is 19.0. The van der Waals surface area contributed by atoms with Crippen LogP contribution in [0.15, 0.2) is 36.6 Å². The van der Waals surface area contributed by atoms with E-state index in [9.17, 15) is 0 Å². The molecule has 152 valence electrons. The Balaban J connectivity index is 3.10. The van der Waals surface area contributed by atoms with Crippen LogP contribution in [0.4, 0.5) is 0 Å². The second-order valence-electron chi connectivity index (χ2n) is 7.47. The van der Waals surface area contributed by atoms with E-state index in [4.69, 9.17) is 4.74 Å². The quantitative estimate of drug-likeness (QED) is 0.119. The van der Waals surface area contributed by atoms with E-state index in [0.717, 1.165) is 0 Å². The van der Waals surface area contributed by atoms with Crippen LogP contribution in [0, 0.1) is 0 Å². The van der Waals surface area contributed by atoms with E-state index in [2.05, 4.69) is 25.2 Å². The molecule has 0 rings (SSSR count). The fraction of sp³-hybridized carbons (Fsp3) is 0.760. The summed E-state index contributed by atoms with van der Waals surface area (Å²) in [7, 11) is 1.66. The minimum Gasteiger partial charge on any atom is -0.504 e. The van der Waals surface area contributed by atoms with Crippen molar-refractivity contribution in [2.45, 2.75) is 116 Å². The predicted molar refractivity (Wildman–Crippen MR) is 119 cm³/mol. The second kappa shape index (κ2) is 24.0. The molecule has 0 aliphatic heterocycles. The first-order valence-electron chi connectivity index (χ1n) is 11.4. The van der Waals surface area contributed by atoms with Gasteiger partial charge in [-0.2, -0.15) is 0 Å². The lowest BCUT2D eigenvalue weighted by atomic mass is 10.0. The molecular weight excluding hydrogens is 316 g/mol. The third kappa shape index (κ3) is 23.0. The Morgan fingerprint density at radius 1 is 0.500 bits per heavy atom. The van der Waals surface area contributed by atoms with Crippen LogP contribution < -0.4 is 0 Å². The summed E-state index contributed by atoms with van der Waals surface area (Å²) in [4.78, 5) is 0. The number of rotatable bonds is 20. The molecule has 0 spiro atoms. The molecule has 0 bridgehead atoms. The molecule has 0 saturated carbocycles. The summed E-state index contributed by atoms with van der Waals surface area (Å²) < 4.78 is 4.83. The third-order valence-corrected chi connectivity index (χ3v) is 4.91. The molecule has 0 fully saturated rings. The number of ether oxygens (including phenoxy) is 1. The van der Waals surface area contributed by atoms with E-state index >= 15 is 0 Å².